The molecule has 0 aliphatic rings. The molecule has 0 atom stereocenters. The Morgan fingerprint density at radius 3 is 2.08 bits per heavy atom. The first-order chi connectivity index (χ1) is 6.04. The minimum absolute atomic E-state index is 0.0649. The molecule has 0 fully saturated rings. The maximum Gasteiger partial charge on any atom is 0.238 e. The van der Waals surface area contributed by atoms with Crippen LogP contribution in [0.4, 0.5) is 5.69 Å². The molecule has 0 aliphatic carbocycles. The van der Waals surface area contributed by atoms with Gasteiger partial charge in [0.15, 0.2) is 0 Å². The van der Waals surface area contributed by atoms with Gasteiger partial charge >= 0.3 is 0 Å². The van der Waals surface area contributed by atoms with Gasteiger partial charge in [0.1, 0.15) is 0 Å². The van der Waals surface area contributed by atoms with Crippen molar-refractivity contribution in [2.24, 2.45) is 11.0 Å². The van der Waals surface area contributed by atoms with Gasteiger partial charge in [-0.3, -0.25) is 5.84 Å². The Kier molecular flexibility index (Phi) is 2.83. The van der Waals surface area contributed by atoms with Crippen molar-refractivity contribution >= 4 is 15.7 Å². The van der Waals surface area contributed by atoms with E-state index in [1.54, 1.807) is 12.1 Å². The van der Waals surface area contributed by atoms with Gasteiger partial charge in [0.25, 0.3) is 0 Å². The van der Waals surface area contributed by atoms with Gasteiger partial charge in [-0.15, -0.1) is 0 Å². The van der Waals surface area contributed by atoms with Crippen LogP contribution >= 0.6 is 0 Å². The molecule has 0 saturated carbocycles. The van der Waals surface area contributed by atoms with E-state index in [2.05, 4.69) is 11.0 Å². The summed E-state index contributed by atoms with van der Waals surface area (Å²) < 4.78 is 21.6. The summed E-state index contributed by atoms with van der Waals surface area (Å²) in [5.41, 5.74) is 5.44. The molecule has 0 aromatic heterocycles. The van der Waals surface area contributed by atoms with Crippen molar-refractivity contribution in [2.45, 2.75) is 4.90 Å². The molecule has 0 unspecified atom stereocenters. The summed E-state index contributed by atoms with van der Waals surface area (Å²) in [6.07, 6.45) is 0. The summed E-state index contributed by atoms with van der Waals surface area (Å²) in [5.74, 6) is 4.98. The SMILES string of the molecule is NNNc1ccc(S(N)(=O)=O)cc1. The van der Waals surface area contributed by atoms with E-state index in [1.165, 1.54) is 12.1 Å². The van der Waals surface area contributed by atoms with Crippen molar-refractivity contribution in [1.29, 1.82) is 0 Å². The van der Waals surface area contributed by atoms with E-state index < -0.39 is 10.0 Å². The number of benzene rings is 1. The average Bonchev–Trinajstić information content (AvgIpc) is 2.04. The Bertz CT molecular complexity index is 372. The standard InChI is InChI=1S/C6H10N4O2S/c7-10-9-5-1-3-6(4-2-5)13(8,11)12/h1-4,9-10H,7H2,(H2,8,11,12). The van der Waals surface area contributed by atoms with Gasteiger partial charge < -0.3 is 5.43 Å². The molecule has 0 aliphatic heterocycles. The normalized spacial score (nSPS) is 11.2. The van der Waals surface area contributed by atoms with Crippen LogP contribution in [0.2, 0.25) is 0 Å². The molecule has 6 N–H and O–H groups in total. The second kappa shape index (κ2) is 3.71. The Balaban J connectivity index is 2.94. The summed E-state index contributed by atoms with van der Waals surface area (Å²) in [6, 6.07) is 5.85. The van der Waals surface area contributed by atoms with Crippen LogP contribution in [0.15, 0.2) is 29.2 Å². The number of rotatable bonds is 3. The van der Waals surface area contributed by atoms with Crippen molar-refractivity contribution in [3.8, 4) is 0 Å². The molecule has 0 bridgehead atoms. The van der Waals surface area contributed by atoms with Crippen LogP contribution in [0, 0.1) is 0 Å². The predicted octanol–water partition coefficient (Wildman–Crippen LogP) is -0.876. The number of nitrogens with two attached hydrogens (primary N) is 2. The lowest BCUT2D eigenvalue weighted by Crippen LogP contribution is -2.28. The fourth-order valence-electron chi connectivity index (χ4n) is 0.811. The molecule has 0 radical (unpaired) electrons. The number of hydrogen-bond acceptors (Lipinski definition) is 5. The Morgan fingerprint density at radius 1 is 1.15 bits per heavy atom. The fraction of sp³-hybridized carbons (Fsp3) is 0. The van der Waals surface area contributed by atoms with Gasteiger partial charge in [-0.05, 0) is 24.3 Å². The fourth-order valence-corrected chi connectivity index (χ4v) is 1.33. The molecule has 0 amide bonds. The smallest absolute Gasteiger partial charge is 0.238 e. The first-order valence-electron chi connectivity index (χ1n) is 3.38. The van der Waals surface area contributed by atoms with Crippen molar-refractivity contribution < 1.29 is 8.42 Å². The van der Waals surface area contributed by atoms with Crippen LogP contribution in [-0.2, 0) is 10.0 Å². The Morgan fingerprint density at radius 2 is 1.69 bits per heavy atom. The molecule has 0 heterocycles. The number of hydrazine groups is 2. The van der Waals surface area contributed by atoms with E-state index in [1.807, 2.05) is 0 Å². The maximum atomic E-state index is 10.8. The van der Waals surface area contributed by atoms with Crippen LogP contribution in [0.5, 0.6) is 0 Å². The average molecular weight is 202 g/mol. The molecule has 1 aromatic rings. The van der Waals surface area contributed by atoms with Gasteiger partial charge in [0.2, 0.25) is 10.0 Å². The molecule has 0 spiro atoms. The lowest BCUT2D eigenvalue weighted by Gasteiger charge is -2.03. The van der Waals surface area contributed by atoms with Crippen LogP contribution in [0.1, 0.15) is 0 Å². The van der Waals surface area contributed by atoms with Gasteiger partial charge in [0, 0.05) is 0 Å². The predicted molar refractivity (Wildman–Crippen MR) is 48.8 cm³/mol. The second-order valence-corrected chi connectivity index (χ2v) is 3.90. The van der Waals surface area contributed by atoms with Crippen molar-refractivity contribution in [3.63, 3.8) is 0 Å². The third-order valence-electron chi connectivity index (χ3n) is 1.40. The molecular formula is C6H10N4O2S. The van der Waals surface area contributed by atoms with E-state index in [-0.39, 0.29) is 4.90 Å². The van der Waals surface area contributed by atoms with E-state index in [0.29, 0.717) is 5.69 Å². The minimum Gasteiger partial charge on any atom is -0.308 e. The lowest BCUT2D eigenvalue weighted by atomic mass is 10.3. The maximum absolute atomic E-state index is 10.8. The molecule has 72 valence electrons. The third-order valence-corrected chi connectivity index (χ3v) is 2.33. The van der Waals surface area contributed by atoms with Gasteiger partial charge in [0.05, 0.1) is 10.6 Å². The number of primary sulfonamides is 1. The lowest BCUT2D eigenvalue weighted by molar-refractivity contribution is 0.598. The number of hydrogen-bond donors (Lipinski definition) is 4. The van der Waals surface area contributed by atoms with Crippen LogP contribution in [0.25, 0.3) is 0 Å². The zero-order valence-electron chi connectivity index (χ0n) is 6.69. The highest BCUT2D eigenvalue weighted by atomic mass is 32.2. The van der Waals surface area contributed by atoms with Crippen molar-refractivity contribution in [1.82, 2.24) is 5.53 Å². The topological polar surface area (TPSA) is 110 Å². The summed E-state index contributed by atoms with van der Waals surface area (Å²) in [7, 11) is -3.61. The minimum atomic E-state index is -3.61. The number of nitrogens with one attached hydrogen (secondary N) is 2. The summed E-state index contributed by atoms with van der Waals surface area (Å²) in [4.78, 5) is 0.0649. The zero-order valence-corrected chi connectivity index (χ0v) is 7.51. The van der Waals surface area contributed by atoms with Crippen LogP contribution in [-0.4, -0.2) is 8.42 Å². The first kappa shape index (κ1) is 9.93. The molecule has 13 heavy (non-hydrogen) atoms. The largest absolute Gasteiger partial charge is 0.308 e. The number of anilines is 1. The molecule has 7 heteroatoms. The molecule has 1 rings (SSSR count). The van der Waals surface area contributed by atoms with E-state index >= 15 is 0 Å². The van der Waals surface area contributed by atoms with Crippen LogP contribution in [0.3, 0.4) is 0 Å². The summed E-state index contributed by atoms with van der Waals surface area (Å²) in [6.45, 7) is 0. The highest BCUT2D eigenvalue weighted by molar-refractivity contribution is 7.89. The molecule has 6 nitrogen and oxygen atoms in total. The first-order valence-corrected chi connectivity index (χ1v) is 4.93. The van der Waals surface area contributed by atoms with Crippen molar-refractivity contribution in [3.05, 3.63) is 24.3 Å². The monoisotopic (exact) mass is 202 g/mol. The second-order valence-electron chi connectivity index (χ2n) is 2.34. The van der Waals surface area contributed by atoms with E-state index in [4.69, 9.17) is 11.0 Å². The van der Waals surface area contributed by atoms with Crippen LogP contribution < -0.4 is 21.9 Å². The quantitative estimate of drug-likeness (QED) is 0.376. The summed E-state index contributed by atoms with van der Waals surface area (Å²) in [5, 5.41) is 4.89. The van der Waals surface area contributed by atoms with Gasteiger partial charge in [-0.25, -0.2) is 13.6 Å². The number of sulfonamides is 1. The van der Waals surface area contributed by atoms with E-state index in [9.17, 15) is 8.42 Å². The molecule has 1 aromatic carbocycles. The van der Waals surface area contributed by atoms with Gasteiger partial charge in [-0.1, -0.05) is 0 Å². The van der Waals surface area contributed by atoms with Gasteiger partial charge in [-0.2, -0.15) is 5.53 Å². The zero-order chi connectivity index (χ0) is 9.90. The Labute approximate surface area is 75.9 Å². The third kappa shape index (κ3) is 2.67. The molecule has 0 saturated heterocycles. The summed E-state index contributed by atoms with van der Waals surface area (Å²) >= 11 is 0. The Hall–Kier alpha value is -1.15. The highest BCUT2D eigenvalue weighted by Crippen LogP contribution is 2.11. The van der Waals surface area contributed by atoms with E-state index in [0.717, 1.165) is 0 Å². The highest BCUT2D eigenvalue weighted by Gasteiger charge is 2.05. The van der Waals surface area contributed by atoms with Crippen molar-refractivity contribution in [2.75, 3.05) is 5.43 Å². The molecular weight excluding hydrogens is 192 g/mol.